The molecule has 1 N–H and O–H groups in total. The fraction of sp³-hybridized carbons (Fsp3) is 0.312. The predicted molar refractivity (Wildman–Crippen MR) is 153 cm³/mol. The van der Waals surface area contributed by atoms with E-state index in [0.29, 0.717) is 28.8 Å². The van der Waals surface area contributed by atoms with Crippen molar-refractivity contribution in [1.82, 2.24) is 5.32 Å². The van der Waals surface area contributed by atoms with Gasteiger partial charge in [-0.15, -0.1) is 0 Å². The maximum Gasteiger partial charge on any atom is 0.265 e. The van der Waals surface area contributed by atoms with E-state index in [2.05, 4.69) is 44.3 Å². The van der Waals surface area contributed by atoms with E-state index in [-0.39, 0.29) is 17.9 Å². The molecule has 1 saturated carbocycles. The number of fused-ring (bicyclic) bond motifs is 1. The van der Waals surface area contributed by atoms with Crippen molar-refractivity contribution in [1.29, 1.82) is 0 Å². The summed E-state index contributed by atoms with van der Waals surface area (Å²) in [6.07, 6.45) is 5.38. The first-order valence-corrected chi connectivity index (χ1v) is 14.0. The number of aryl methyl sites for hydroxylation is 1. The molecule has 2 amide bonds. The molecule has 190 valence electrons. The van der Waals surface area contributed by atoms with Crippen molar-refractivity contribution in [2.24, 2.45) is 11.8 Å². The van der Waals surface area contributed by atoms with Gasteiger partial charge < -0.3 is 10.2 Å². The Balaban J connectivity index is 1.35. The molecule has 0 spiro atoms. The van der Waals surface area contributed by atoms with Gasteiger partial charge in [-0.25, -0.2) is 0 Å². The van der Waals surface area contributed by atoms with Crippen LogP contribution in [0.3, 0.4) is 0 Å². The molecule has 5 rings (SSSR count). The van der Waals surface area contributed by atoms with Gasteiger partial charge in [-0.3, -0.25) is 9.59 Å². The topological polar surface area (TPSA) is 49.4 Å². The molecule has 1 heterocycles. The number of anilines is 1. The molecule has 1 aliphatic heterocycles. The van der Waals surface area contributed by atoms with Crippen molar-refractivity contribution in [2.45, 2.75) is 57.5 Å². The van der Waals surface area contributed by atoms with Crippen LogP contribution in [0.15, 0.2) is 82.6 Å². The Morgan fingerprint density at radius 2 is 1.73 bits per heavy atom. The maximum atomic E-state index is 13.6. The average Bonchev–Trinajstić information content (AvgIpc) is 2.90. The van der Waals surface area contributed by atoms with Crippen LogP contribution in [0.2, 0.25) is 0 Å². The van der Waals surface area contributed by atoms with Gasteiger partial charge in [0, 0.05) is 16.5 Å². The monoisotopic (exact) mass is 510 g/mol. The van der Waals surface area contributed by atoms with Crippen LogP contribution in [0.4, 0.5) is 5.69 Å². The number of carbonyl (C=O) groups is 2. The summed E-state index contributed by atoms with van der Waals surface area (Å²) in [5.74, 6) is 1.09. The highest BCUT2D eigenvalue weighted by atomic mass is 32.2. The number of rotatable bonds is 5. The first-order chi connectivity index (χ1) is 17.9. The molecule has 4 nitrogen and oxygen atoms in total. The van der Waals surface area contributed by atoms with Gasteiger partial charge in [0.05, 0.1) is 17.1 Å². The minimum absolute atomic E-state index is 0.00539. The summed E-state index contributed by atoms with van der Waals surface area (Å²) in [5, 5.41) is 3.25. The summed E-state index contributed by atoms with van der Waals surface area (Å²) >= 11 is 1.50. The van der Waals surface area contributed by atoms with E-state index in [1.54, 1.807) is 0 Å². The Hall–Kier alpha value is -3.31. The van der Waals surface area contributed by atoms with Crippen molar-refractivity contribution >= 4 is 35.3 Å². The van der Waals surface area contributed by atoms with Crippen molar-refractivity contribution in [3.8, 4) is 0 Å². The minimum Gasteiger partial charge on any atom is -0.349 e. The van der Waals surface area contributed by atoms with Gasteiger partial charge in [0.15, 0.2) is 0 Å². The molecule has 2 aliphatic rings. The van der Waals surface area contributed by atoms with Crippen LogP contribution in [0.5, 0.6) is 0 Å². The van der Waals surface area contributed by atoms with Gasteiger partial charge in [0.2, 0.25) is 0 Å². The van der Waals surface area contributed by atoms with Crippen LogP contribution in [0.25, 0.3) is 6.08 Å². The molecule has 1 fully saturated rings. The van der Waals surface area contributed by atoms with Crippen molar-refractivity contribution < 1.29 is 9.59 Å². The van der Waals surface area contributed by atoms with Crippen molar-refractivity contribution in [2.75, 3.05) is 4.90 Å². The highest BCUT2D eigenvalue weighted by Crippen LogP contribution is 2.42. The SMILES string of the molecule is Cc1ccccc1CN1C(=O)/C(=C\c2ccc(C(=O)NC3CCCC(C)C3C)cc2)Sc2ccccc21. The summed E-state index contributed by atoms with van der Waals surface area (Å²) in [7, 11) is 0. The molecule has 3 unspecified atom stereocenters. The average molecular weight is 511 g/mol. The number of hydrogen-bond donors (Lipinski definition) is 1. The lowest BCUT2D eigenvalue weighted by Gasteiger charge is -2.34. The number of nitrogens with zero attached hydrogens (tertiary/aromatic N) is 1. The highest BCUT2D eigenvalue weighted by molar-refractivity contribution is 8.04. The van der Waals surface area contributed by atoms with E-state index in [9.17, 15) is 9.59 Å². The Kier molecular flexibility index (Phi) is 7.52. The van der Waals surface area contributed by atoms with E-state index in [1.807, 2.05) is 65.6 Å². The van der Waals surface area contributed by atoms with Crippen LogP contribution < -0.4 is 10.2 Å². The Labute approximate surface area is 224 Å². The van der Waals surface area contributed by atoms with E-state index < -0.39 is 0 Å². The van der Waals surface area contributed by atoms with Gasteiger partial charge >= 0.3 is 0 Å². The molecule has 5 heteroatoms. The molecular formula is C32H34N2O2S. The lowest BCUT2D eigenvalue weighted by molar-refractivity contribution is -0.114. The van der Waals surface area contributed by atoms with Gasteiger partial charge in [0.25, 0.3) is 11.8 Å². The first kappa shape index (κ1) is 25.3. The van der Waals surface area contributed by atoms with E-state index in [0.717, 1.165) is 28.1 Å². The predicted octanol–water partition coefficient (Wildman–Crippen LogP) is 7.23. The van der Waals surface area contributed by atoms with Gasteiger partial charge in [-0.2, -0.15) is 0 Å². The summed E-state index contributed by atoms with van der Waals surface area (Å²) in [5.41, 5.74) is 4.80. The number of amides is 2. The second-order valence-electron chi connectivity index (χ2n) is 10.4. The Bertz CT molecular complexity index is 1330. The fourth-order valence-corrected chi connectivity index (χ4v) is 6.36. The summed E-state index contributed by atoms with van der Waals surface area (Å²) in [6, 6.07) is 24.0. The van der Waals surface area contributed by atoms with E-state index in [1.165, 1.54) is 30.2 Å². The molecule has 0 aromatic heterocycles. The van der Waals surface area contributed by atoms with Crippen LogP contribution in [0.1, 0.15) is 60.2 Å². The molecule has 37 heavy (non-hydrogen) atoms. The minimum atomic E-state index is -0.0217. The zero-order valence-corrected chi connectivity index (χ0v) is 22.6. The molecule has 3 aromatic carbocycles. The Morgan fingerprint density at radius 3 is 2.51 bits per heavy atom. The molecule has 0 radical (unpaired) electrons. The van der Waals surface area contributed by atoms with Crippen LogP contribution >= 0.6 is 11.8 Å². The molecule has 0 bridgehead atoms. The summed E-state index contributed by atoms with van der Waals surface area (Å²) in [6.45, 7) is 7.12. The largest absolute Gasteiger partial charge is 0.349 e. The van der Waals surface area contributed by atoms with Crippen LogP contribution in [0, 0.1) is 18.8 Å². The lowest BCUT2D eigenvalue weighted by Crippen LogP contribution is -2.43. The van der Waals surface area contributed by atoms with Crippen molar-refractivity contribution in [3.63, 3.8) is 0 Å². The number of nitrogens with one attached hydrogen (secondary N) is 1. The third-order valence-corrected chi connectivity index (χ3v) is 8.99. The number of thioether (sulfide) groups is 1. The van der Waals surface area contributed by atoms with E-state index >= 15 is 0 Å². The standard InChI is InChI=1S/C32H34N2O2S/c1-21-10-8-12-27(23(21)3)33-31(35)25-17-15-24(16-18-25)19-30-32(36)34(20-26-11-5-4-9-22(26)2)28-13-6-7-14-29(28)37-30/h4-7,9,11,13-19,21,23,27H,8,10,12,20H2,1-3H3,(H,33,35)/b30-19+. The lowest BCUT2D eigenvalue weighted by atomic mass is 9.78. The maximum absolute atomic E-state index is 13.6. The smallest absolute Gasteiger partial charge is 0.265 e. The van der Waals surface area contributed by atoms with Gasteiger partial charge in [0.1, 0.15) is 0 Å². The second-order valence-corrected chi connectivity index (χ2v) is 11.4. The van der Waals surface area contributed by atoms with Gasteiger partial charge in [-0.05, 0) is 72.2 Å². The zero-order valence-electron chi connectivity index (χ0n) is 21.7. The quantitative estimate of drug-likeness (QED) is 0.368. The second kappa shape index (κ2) is 11.0. The molecular weight excluding hydrogens is 476 g/mol. The summed E-state index contributed by atoms with van der Waals surface area (Å²) < 4.78 is 0. The Morgan fingerprint density at radius 1 is 1.00 bits per heavy atom. The third-order valence-electron chi connectivity index (χ3n) is 7.92. The third kappa shape index (κ3) is 5.52. The number of benzene rings is 3. The number of hydrogen-bond acceptors (Lipinski definition) is 3. The summed E-state index contributed by atoms with van der Waals surface area (Å²) in [4.78, 5) is 30.2. The highest BCUT2D eigenvalue weighted by Gasteiger charge is 2.30. The molecule has 3 aromatic rings. The fourth-order valence-electron chi connectivity index (χ4n) is 5.30. The normalized spacial score (nSPS) is 22.6. The van der Waals surface area contributed by atoms with Gasteiger partial charge in [-0.1, -0.05) is 87.0 Å². The van der Waals surface area contributed by atoms with E-state index in [4.69, 9.17) is 0 Å². The molecule has 0 saturated heterocycles. The zero-order chi connectivity index (χ0) is 25.9. The first-order valence-electron chi connectivity index (χ1n) is 13.2. The van der Waals surface area contributed by atoms with Crippen LogP contribution in [-0.2, 0) is 11.3 Å². The number of para-hydroxylation sites is 1. The van der Waals surface area contributed by atoms with Crippen LogP contribution in [-0.4, -0.2) is 17.9 Å². The molecule has 3 atom stereocenters. The van der Waals surface area contributed by atoms with Crippen molar-refractivity contribution in [3.05, 3.63) is 100.0 Å². The number of carbonyl (C=O) groups excluding carboxylic acids is 2. The molecule has 1 aliphatic carbocycles.